The summed E-state index contributed by atoms with van der Waals surface area (Å²) in [5, 5.41) is 1.31. The highest BCUT2D eigenvalue weighted by atomic mass is 32.2. The van der Waals surface area contributed by atoms with Crippen LogP contribution in [0, 0.1) is 28.1 Å². The second-order valence-corrected chi connectivity index (χ2v) is 19.6. The van der Waals surface area contributed by atoms with Gasteiger partial charge < -0.3 is 14.4 Å². The summed E-state index contributed by atoms with van der Waals surface area (Å²) in [6.07, 6.45) is 7.11. The summed E-state index contributed by atoms with van der Waals surface area (Å²) in [4.78, 5) is 62.3. The lowest BCUT2D eigenvalue weighted by molar-refractivity contribution is -0.155. The number of carbonyl (C=O) groups excluding carboxylic acids is 4. The van der Waals surface area contributed by atoms with E-state index in [1.165, 1.54) is 4.90 Å². The first-order chi connectivity index (χ1) is 24.9. The van der Waals surface area contributed by atoms with Crippen molar-refractivity contribution in [1.29, 1.82) is 0 Å². The number of esters is 1. The molecule has 2 saturated carbocycles. The molecule has 12 heteroatoms. The number of rotatable bonds is 8. The number of aryl methyl sites for hydroxylation is 2. The second-order valence-electron chi connectivity index (χ2n) is 17.6. The Morgan fingerprint density at radius 1 is 1.15 bits per heavy atom. The normalized spacial score (nSPS) is 28.1. The Morgan fingerprint density at radius 2 is 1.89 bits per heavy atom. The Hall–Kier alpha value is -3.80. The molecule has 0 spiro atoms. The first-order valence-corrected chi connectivity index (χ1v) is 20.7. The van der Waals surface area contributed by atoms with Crippen LogP contribution >= 0.6 is 0 Å². The van der Waals surface area contributed by atoms with Gasteiger partial charge in [0, 0.05) is 24.4 Å². The predicted octanol–water partition coefficient (Wildman–Crippen LogP) is 5.86. The summed E-state index contributed by atoms with van der Waals surface area (Å²) in [5.74, 6) is -2.68. The first kappa shape index (κ1) is 38.9. The third kappa shape index (κ3) is 8.32. The van der Waals surface area contributed by atoms with Crippen molar-refractivity contribution in [1.82, 2.24) is 14.6 Å². The maximum atomic E-state index is 14.7. The molecule has 6 rings (SSSR count). The van der Waals surface area contributed by atoms with Crippen LogP contribution < -0.4 is 9.46 Å². The number of pyridine rings is 1. The molecule has 5 atom stereocenters. The SMILES string of the molecule is C=C[C@H]1C[C@]1(CC(=O)C1C[C@H]2CN1C(=O)[C@H](C(C)(C)C)CC(=O)OCC(C)(C)CCCc1ccc3c(CC)cnc(c3c1)O2)C(=O)NS(=O)(=O)C1CC1. The standard InChI is InChI=1S/C41H55N3O8S/c1-8-26-22-42-36-31-17-25(12-15-30(26)31)11-10-16-40(6,7)24-51-35(46)19-32(39(3,4)5)37(47)44-23-28(52-36)18-33(44)34(45)21-41(20-27(41)9-2)38(48)43-53(49,50)29-13-14-29/h9,12,15,17,22,27-29,32-33H,2,8,10-11,13-14,16,18-21,23-24H2,1,3-7H3,(H,43,48)/t27-,28-,32+,33?,41+/m0/s1. The number of nitrogens with zero attached hydrogens (tertiary/aromatic N) is 2. The largest absolute Gasteiger partial charge is 0.472 e. The molecule has 1 unspecified atom stereocenters. The van der Waals surface area contributed by atoms with E-state index in [1.54, 1.807) is 6.08 Å². The van der Waals surface area contributed by atoms with E-state index >= 15 is 0 Å². The van der Waals surface area contributed by atoms with Crippen LogP contribution in [0.2, 0.25) is 0 Å². The molecule has 0 radical (unpaired) electrons. The summed E-state index contributed by atoms with van der Waals surface area (Å²) >= 11 is 0. The number of cyclic esters (lactones) is 1. The van der Waals surface area contributed by atoms with Gasteiger partial charge in [0.15, 0.2) is 5.78 Å². The highest BCUT2D eigenvalue weighted by molar-refractivity contribution is 7.90. The van der Waals surface area contributed by atoms with Gasteiger partial charge in [0.25, 0.3) is 0 Å². The van der Waals surface area contributed by atoms with Crippen LogP contribution in [-0.4, -0.2) is 72.4 Å². The van der Waals surface area contributed by atoms with Gasteiger partial charge in [-0.3, -0.25) is 23.9 Å². The molecule has 3 fully saturated rings. The number of fused-ring (bicyclic) bond motifs is 3. The molecule has 11 nitrogen and oxygen atoms in total. The number of amides is 2. The molecule has 2 aliphatic heterocycles. The van der Waals surface area contributed by atoms with Gasteiger partial charge in [-0.2, -0.15) is 0 Å². The van der Waals surface area contributed by atoms with E-state index in [9.17, 15) is 27.6 Å². The van der Waals surface area contributed by atoms with Crippen LogP contribution in [0.4, 0.5) is 0 Å². The van der Waals surface area contributed by atoms with Crippen LogP contribution in [0.3, 0.4) is 0 Å². The smallest absolute Gasteiger partial charge is 0.306 e. The quantitative estimate of drug-likeness (QED) is 0.259. The molecule has 4 bridgehead atoms. The summed E-state index contributed by atoms with van der Waals surface area (Å²) in [6.45, 7) is 16.0. The van der Waals surface area contributed by atoms with Gasteiger partial charge >= 0.3 is 5.97 Å². The van der Waals surface area contributed by atoms with Crippen LogP contribution in [-0.2, 0) is 46.8 Å². The molecule has 53 heavy (non-hydrogen) atoms. The Morgan fingerprint density at radius 3 is 2.53 bits per heavy atom. The zero-order valence-electron chi connectivity index (χ0n) is 32.0. The minimum Gasteiger partial charge on any atom is -0.472 e. The number of benzene rings is 1. The summed E-state index contributed by atoms with van der Waals surface area (Å²) in [5.41, 5.74) is -0.00134. The third-order valence-electron chi connectivity index (χ3n) is 11.8. The maximum Gasteiger partial charge on any atom is 0.306 e. The fourth-order valence-corrected chi connectivity index (χ4v) is 9.45. The van der Waals surface area contributed by atoms with Crippen molar-refractivity contribution in [3.8, 4) is 5.88 Å². The summed E-state index contributed by atoms with van der Waals surface area (Å²) in [7, 11) is -3.84. The van der Waals surface area contributed by atoms with Crippen LogP contribution in [0.25, 0.3) is 10.8 Å². The fourth-order valence-electron chi connectivity index (χ4n) is 8.06. The van der Waals surface area contributed by atoms with E-state index < -0.39 is 56.0 Å². The Bertz CT molecular complexity index is 1910. The predicted molar refractivity (Wildman–Crippen MR) is 201 cm³/mol. The lowest BCUT2D eigenvalue weighted by Gasteiger charge is -2.35. The van der Waals surface area contributed by atoms with Gasteiger partial charge in [0.05, 0.1) is 42.2 Å². The van der Waals surface area contributed by atoms with Gasteiger partial charge in [0.2, 0.25) is 27.7 Å². The zero-order chi connectivity index (χ0) is 38.5. The number of hydrogen-bond donors (Lipinski definition) is 1. The highest BCUT2D eigenvalue weighted by Crippen LogP contribution is 2.57. The van der Waals surface area contributed by atoms with Crippen molar-refractivity contribution in [2.45, 2.75) is 123 Å². The van der Waals surface area contributed by atoms with Crippen LogP contribution in [0.15, 0.2) is 37.1 Å². The topological polar surface area (TPSA) is 149 Å². The van der Waals surface area contributed by atoms with E-state index in [4.69, 9.17) is 14.5 Å². The van der Waals surface area contributed by atoms with E-state index in [-0.39, 0.29) is 61.9 Å². The second kappa shape index (κ2) is 14.5. The van der Waals surface area contributed by atoms with E-state index in [2.05, 4.69) is 50.3 Å². The molecule has 1 aromatic carbocycles. The van der Waals surface area contributed by atoms with Gasteiger partial charge in [0.1, 0.15) is 6.10 Å². The van der Waals surface area contributed by atoms with Crippen molar-refractivity contribution in [2.75, 3.05) is 13.2 Å². The van der Waals surface area contributed by atoms with Crippen molar-refractivity contribution < 1.29 is 37.1 Å². The minimum atomic E-state index is -3.84. The van der Waals surface area contributed by atoms with Gasteiger partial charge in [-0.1, -0.05) is 59.8 Å². The molecule has 1 N–H and O–H groups in total. The lowest BCUT2D eigenvalue weighted by Crippen LogP contribution is -2.48. The molecule has 2 amide bonds. The Balaban J connectivity index is 1.36. The summed E-state index contributed by atoms with van der Waals surface area (Å²) < 4.78 is 40.2. The lowest BCUT2D eigenvalue weighted by atomic mass is 9.77. The molecule has 288 valence electrons. The van der Waals surface area contributed by atoms with Gasteiger partial charge in [-0.15, -0.1) is 6.58 Å². The number of nitrogens with one attached hydrogen (secondary N) is 1. The minimum absolute atomic E-state index is 0.0719. The van der Waals surface area contributed by atoms with Gasteiger partial charge in [-0.25, -0.2) is 13.4 Å². The average molecular weight is 750 g/mol. The molecular weight excluding hydrogens is 695 g/mol. The fraction of sp³-hybridized carbons (Fsp3) is 0.634. The molecule has 1 aromatic heterocycles. The van der Waals surface area contributed by atoms with Crippen molar-refractivity contribution in [3.05, 3.63) is 48.2 Å². The number of aromatic nitrogens is 1. The highest BCUT2D eigenvalue weighted by Gasteiger charge is 2.61. The number of Topliss-reactive ketones (excluding diaryl/α,β-unsaturated/α-hetero) is 1. The first-order valence-electron chi connectivity index (χ1n) is 19.1. The molecular formula is C41H55N3O8S. The maximum absolute atomic E-state index is 14.7. The van der Waals surface area contributed by atoms with Crippen molar-refractivity contribution in [3.63, 3.8) is 0 Å². The number of allylic oxidation sites excluding steroid dienone is 1. The molecule has 2 aliphatic carbocycles. The van der Waals surface area contributed by atoms with E-state index in [0.29, 0.717) is 18.7 Å². The molecule has 2 aromatic rings. The number of ether oxygens (including phenoxy) is 2. The average Bonchev–Trinajstić information content (AvgIpc) is 4.02. The zero-order valence-corrected chi connectivity index (χ0v) is 32.9. The van der Waals surface area contributed by atoms with E-state index in [0.717, 1.165) is 47.6 Å². The monoisotopic (exact) mass is 749 g/mol. The molecule has 1 saturated heterocycles. The van der Waals surface area contributed by atoms with E-state index in [1.807, 2.05) is 27.0 Å². The van der Waals surface area contributed by atoms with Crippen molar-refractivity contribution >= 4 is 44.4 Å². The van der Waals surface area contributed by atoms with Gasteiger partial charge in [-0.05, 0) is 84.3 Å². The van der Waals surface area contributed by atoms with Crippen molar-refractivity contribution in [2.24, 2.45) is 28.1 Å². The van der Waals surface area contributed by atoms with Crippen LogP contribution in [0.1, 0.15) is 104 Å². The molecule has 3 heterocycles. The number of hydrogen-bond acceptors (Lipinski definition) is 9. The number of sulfonamides is 1. The number of ketones is 1. The summed E-state index contributed by atoms with van der Waals surface area (Å²) in [6, 6.07) is 5.38. The number of carbonyl (C=O) groups is 4. The third-order valence-corrected chi connectivity index (χ3v) is 13.6. The molecule has 4 aliphatic rings. The Labute approximate surface area is 313 Å². The van der Waals surface area contributed by atoms with Crippen LogP contribution in [0.5, 0.6) is 5.88 Å². The Kier molecular flexibility index (Phi) is 10.6.